The van der Waals surface area contributed by atoms with Crippen LogP contribution in [0.25, 0.3) is 0 Å². The number of nitrogens with one attached hydrogen (secondary N) is 2. The topological polar surface area (TPSA) is 118 Å². The van der Waals surface area contributed by atoms with Crippen LogP contribution in [0.4, 0.5) is 11.4 Å². The summed E-state index contributed by atoms with van der Waals surface area (Å²) in [6, 6.07) is 19.7. The first-order valence-corrected chi connectivity index (χ1v) is 12.0. The van der Waals surface area contributed by atoms with Crippen molar-refractivity contribution in [2.24, 2.45) is 0 Å². The summed E-state index contributed by atoms with van der Waals surface area (Å²) < 4.78 is 39.5. The second-order valence-corrected chi connectivity index (χ2v) is 9.08. The number of amides is 1. The van der Waals surface area contributed by atoms with E-state index < -0.39 is 22.0 Å². The smallest absolute Gasteiger partial charge is 0.265 e. The molecule has 0 aliphatic heterocycles. The normalized spacial score (nSPS) is 11.7. The highest BCUT2D eigenvalue weighted by Crippen LogP contribution is 2.24. The molecule has 0 spiro atoms. The van der Waals surface area contributed by atoms with E-state index in [2.05, 4.69) is 10.0 Å². The molecule has 8 nitrogen and oxygen atoms in total. The van der Waals surface area contributed by atoms with Gasteiger partial charge in [-0.25, -0.2) is 8.42 Å². The van der Waals surface area contributed by atoms with Gasteiger partial charge in [0.2, 0.25) is 0 Å². The Balaban J connectivity index is 1.73. The number of carbonyl (C=O) groups excluding carboxylic acids is 1. The Morgan fingerprint density at radius 1 is 1.03 bits per heavy atom. The van der Waals surface area contributed by atoms with Gasteiger partial charge in [0.25, 0.3) is 15.9 Å². The van der Waals surface area contributed by atoms with Crippen molar-refractivity contribution >= 4 is 27.3 Å². The third-order valence-electron chi connectivity index (χ3n) is 4.81. The molecule has 0 heterocycles. The Hall–Kier alpha value is -4.03. The summed E-state index contributed by atoms with van der Waals surface area (Å²) in [5, 5.41) is 11.7. The van der Waals surface area contributed by atoms with Gasteiger partial charge in [0.1, 0.15) is 11.5 Å². The number of sulfonamides is 1. The Kier molecular flexibility index (Phi) is 7.76. The number of hydrogen-bond acceptors (Lipinski definition) is 6. The fourth-order valence-corrected chi connectivity index (χ4v) is 4.43. The van der Waals surface area contributed by atoms with Gasteiger partial charge in [0.15, 0.2) is 6.10 Å². The van der Waals surface area contributed by atoms with Crippen LogP contribution in [0.3, 0.4) is 0 Å². The van der Waals surface area contributed by atoms with Gasteiger partial charge in [0.05, 0.1) is 23.1 Å². The van der Waals surface area contributed by atoms with E-state index in [1.807, 2.05) is 13.0 Å². The molecule has 3 rings (SSSR count). The zero-order valence-electron chi connectivity index (χ0n) is 19.0. The molecule has 3 aromatic carbocycles. The van der Waals surface area contributed by atoms with Gasteiger partial charge in [0, 0.05) is 11.4 Å². The zero-order chi connectivity index (χ0) is 24.7. The summed E-state index contributed by atoms with van der Waals surface area (Å²) in [4.78, 5) is 12.7. The third kappa shape index (κ3) is 6.27. The first-order valence-electron chi connectivity index (χ1n) is 10.6. The van der Waals surface area contributed by atoms with Gasteiger partial charge < -0.3 is 14.8 Å². The lowest BCUT2D eigenvalue weighted by molar-refractivity contribution is -0.122. The largest absolute Gasteiger partial charge is 0.494 e. The fraction of sp³-hybridized carbons (Fsp3) is 0.200. The Morgan fingerprint density at radius 3 is 2.41 bits per heavy atom. The maximum Gasteiger partial charge on any atom is 0.265 e. The number of ether oxygens (including phenoxy) is 2. The quantitative estimate of drug-likeness (QED) is 0.468. The number of hydrogen-bond donors (Lipinski definition) is 2. The zero-order valence-corrected chi connectivity index (χ0v) is 19.8. The van der Waals surface area contributed by atoms with Crippen LogP contribution >= 0.6 is 0 Å². The minimum Gasteiger partial charge on any atom is -0.494 e. The summed E-state index contributed by atoms with van der Waals surface area (Å²) in [6.07, 6.45) is -0.878. The molecule has 3 aromatic rings. The number of anilines is 2. The number of aryl methyl sites for hydroxylation is 1. The molecule has 0 aliphatic rings. The minimum absolute atomic E-state index is 0.0366. The van der Waals surface area contributed by atoms with Crippen molar-refractivity contribution in [3.8, 4) is 17.6 Å². The maximum atomic E-state index is 13.0. The average molecular weight is 480 g/mol. The van der Waals surface area contributed by atoms with Crippen molar-refractivity contribution in [2.45, 2.75) is 31.8 Å². The van der Waals surface area contributed by atoms with Gasteiger partial charge >= 0.3 is 0 Å². The van der Waals surface area contributed by atoms with Gasteiger partial charge in [-0.05, 0) is 80.9 Å². The molecule has 1 amide bonds. The van der Waals surface area contributed by atoms with Crippen molar-refractivity contribution in [1.29, 1.82) is 5.26 Å². The van der Waals surface area contributed by atoms with Crippen molar-refractivity contribution < 1.29 is 22.7 Å². The molecule has 0 saturated heterocycles. The molecular formula is C25H25N3O5S. The van der Waals surface area contributed by atoms with Crippen LogP contribution in [0.5, 0.6) is 11.5 Å². The summed E-state index contributed by atoms with van der Waals surface area (Å²) in [6.45, 7) is 5.61. The lowest BCUT2D eigenvalue weighted by Crippen LogP contribution is -2.30. The lowest BCUT2D eigenvalue weighted by Gasteiger charge is -2.16. The van der Waals surface area contributed by atoms with Crippen molar-refractivity contribution in [3.05, 3.63) is 77.9 Å². The van der Waals surface area contributed by atoms with E-state index in [0.29, 0.717) is 40.6 Å². The second kappa shape index (κ2) is 10.7. The molecular weight excluding hydrogens is 454 g/mol. The first-order chi connectivity index (χ1) is 16.2. The molecule has 2 N–H and O–H groups in total. The second-order valence-electron chi connectivity index (χ2n) is 7.43. The van der Waals surface area contributed by atoms with Gasteiger partial charge in [-0.15, -0.1) is 0 Å². The summed E-state index contributed by atoms with van der Waals surface area (Å²) in [7, 11) is -3.91. The standard InChI is InChI=1S/C25H25N3O5S/c1-4-32-22-12-10-20(11-13-22)28-34(30,31)24-15-21(9-8-17(24)2)27-25(29)18(3)33-23-7-5-6-19(14-23)16-26/h5-15,18,28H,4H2,1-3H3,(H,27,29). The molecule has 1 atom stereocenters. The van der Waals surface area contributed by atoms with Crippen LogP contribution in [-0.4, -0.2) is 27.0 Å². The molecule has 0 bridgehead atoms. The Labute approximate surface area is 199 Å². The highest BCUT2D eigenvalue weighted by molar-refractivity contribution is 7.92. The summed E-state index contributed by atoms with van der Waals surface area (Å²) >= 11 is 0. The minimum atomic E-state index is -3.91. The SMILES string of the molecule is CCOc1ccc(NS(=O)(=O)c2cc(NC(=O)C(C)Oc3cccc(C#N)c3)ccc2C)cc1. The molecule has 0 aromatic heterocycles. The van der Waals surface area contributed by atoms with Crippen LogP contribution in [0.1, 0.15) is 25.0 Å². The van der Waals surface area contributed by atoms with Crippen molar-refractivity contribution in [3.63, 3.8) is 0 Å². The molecule has 0 fully saturated rings. The number of benzene rings is 3. The van der Waals surface area contributed by atoms with E-state index in [1.165, 1.54) is 12.1 Å². The van der Waals surface area contributed by atoms with Gasteiger partial charge in [-0.1, -0.05) is 12.1 Å². The summed E-state index contributed by atoms with van der Waals surface area (Å²) in [5.41, 5.74) is 1.63. The molecule has 0 radical (unpaired) electrons. The first kappa shape index (κ1) is 24.6. The molecule has 0 aliphatic carbocycles. The van der Waals surface area contributed by atoms with Crippen LogP contribution in [-0.2, 0) is 14.8 Å². The predicted octanol–water partition coefficient (Wildman–Crippen LogP) is 4.47. The Morgan fingerprint density at radius 2 is 1.74 bits per heavy atom. The number of nitrogens with zero attached hydrogens (tertiary/aromatic N) is 1. The fourth-order valence-electron chi connectivity index (χ4n) is 3.10. The third-order valence-corrected chi connectivity index (χ3v) is 6.33. The molecule has 0 saturated carbocycles. The van der Waals surface area contributed by atoms with Crippen LogP contribution < -0.4 is 19.5 Å². The van der Waals surface area contributed by atoms with E-state index in [-0.39, 0.29) is 4.90 Å². The molecule has 176 valence electrons. The van der Waals surface area contributed by atoms with Crippen LogP contribution in [0.2, 0.25) is 0 Å². The maximum absolute atomic E-state index is 13.0. The number of rotatable bonds is 9. The lowest BCUT2D eigenvalue weighted by atomic mass is 10.2. The van der Waals surface area contributed by atoms with Crippen LogP contribution in [0.15, 0.2) is 71.6 Å². The van der Waals surface area contributed by atoms with E-state index in [1.54, 1.807) is 68.4 Å². The van der Waals surface area contributed by atoms with E-state index in [0.717, 1.165) is 0 Å². The number of carbonyl (C=O) groups is 1. The van der Waals surface area contributed by atoms with Crippen LogP contribution in [0, 0.1) is 18.3 Å². The molecule has 34 heavy (non-hydrogen) atoms. The van der Waals surface area contributed by atoms with Gasteiger partial charge in [-0.2, -0.15) is 5.26 Å². The van der Waals surface area contributed by atoms with Gasteiger partial charge in [-0.3, -0.25) is 9.52 Å². The predicted molar refractivity (Wildman–Crippen MR) is 129 cm³/mol. The summed E-state index contributed by atoms with van der Waals surface area (Å²) in [5.74, 6) is 0.560. The van der Waals surface area contributed by atoms with E-state index in [9.17, 15) is 13.2 Å². The number of nitriles is 1. The van der Waals surface area contributed by atoms with Crippen molar-refractivity contribution in [2.75, 3.05) is 16.6 Å². The van der Waals surface area contributed by atoms with E-state index in [4.69, 9.17) is 14.7 Å². The monoisotopic (exact) mass is 479 g/mol. The Bertz CT molecular complexity index is 1320. The molecule has 9 heteroatoms. The average Bonchev–Trinajstić information content (AvgIpc) is 2.81. The molecule has 1 unspecified atom stereocenters. The van der Waals surface area contributed by atoms with E-state index >= 15 is 0 Å². The highest BCUT2D eigenvalue weighted by atomic mass is 32.2. The highest BCUT2D eigenvalue weighted by Gasteiger charge is 2.20. The van der Waals surface area contributed by atoms with Crippen molar-refractivity contribution in [1.82, 2.24) is 0 Å².